The van der Waals surface area contributed by atoms with Crippen LogP contribution < -0.4 is 15.4 Å². The van der Waals surface area contributed by atoms with Gasteiger partial charge in [-0.1, -0.05) is 59.6 Å². The van der Waals surface area contributed by atoms with Crippen molar-refractivity contribution in [2.75, 3.05) is 11.9 Å². The Hall–Kier alpha value is -4.02. The minimum absolute atomic E-state index is 0.0336. The fourth-order valence-electron chi connectivity index (χ4n) is 7.50. The van der Waals surface area contributed by atoms with Crippen LogP contribution in [0.3, 0.4) is 0 Å². The van der Waals surface area contributed by atoms with Crippen molar-refractivity contribution in [1.29, 1.82) is 0 Å². The van der Waals surface area contributed by atoms with Gasteiger partial charge in [-0.15, -0.1) is 0 Å². The highest BCUT2D eigenvalue weighted by Crippen LogP contribution is 2.60. The summed E-state index contributed by atoms with van der Waals surface area (Å²) in [5.74, 6) is -1.57. The van der Waals surface area contributed by atoms with E-state index in [1.807, 2.05) is 31.2 Å². The van der Waals surface area contributed by atoms with Crippen molar-refractivity contribution in [3.63, 3.8) is 0 Å². The van der Waals surface area contributed by atoms with Gasteiger partial charge in [0.1, 0.15) is 28.1 Å². The SMILES string of the molecule is CCOc1cccc(CN2[C@H]3C[C@@H](c4ccc(C(=O)O)cc4)N[C@H]3[C@H](c3cccc(Cl)c3F)[C@]23C(=O)Nc2nc(Cl)ccc23)c1. The maximum Gasteiger partial charge on any atom is 0.335 e. The minimum atomic E-state index is -1.36. The van der Waals surface area contributed by atoms with Gasteiger partial charge in [-0.2, -0.15) is 0 Å². The number of nitrogens with zero attached hydrogens (tertiary/aromatic N) is 2. The van der Waals surface area contributed by atoms with Crippen LogP contribution in [0.4, 0.5) is 10.2 Å². The summed E-state index contributed by atoms with van der Waals surface area (Å²) in [7, 11) is 0. The molecule has 230 valence electrons. The number of carbonyl (C=O) groups excluding carboxylic acids is 1. The molecule has 3 N–H and O–H groups in total. The summed E-state index contributed by atoms with van der Waals surface area (Å²) in [5, 5.41) is 16.3. The van der Waals surface area contributed by atoms with E-state index < -0.39 is 29.3 Å². The molecule has 1 spiro atoms. The first-order chi connectivity index (χ1) is 21.7. The largest absolute Gasteiger partial charge is 0.494 e. The van der Waals surface area contributed by atoms with E-state index in [0.717, 1.165) is 11.1 Å². The molecule has 7 rings (SSSR count). The van der Waals surface area contributed by atoms with E-state index in [2.05, 4.69) is 20.5 Å². The first kappa shape index (κ1) is 29.7. The molecule has 0 unspecified atom stereocenters. The molecule has 0 aliphatic carbocycles. The summed E-state index contributed by atoms with van der Waals surface area (Å²) in [6.45, 7) is 2.77. The quantitative estimate of drug-likeness (QED) is 0.196. The normalized spacial score (nSPS) is 25.3. The van der Waals surface area contributed by atoms with Crippen molar-refractivity contribution in [2.45, 2.75) is 49.5 Å². The van der Waals surface area contributed by atoms with Crippen molar-refractivity contribution in [1.82, 2.24) is 15.2 Å². The number of carbonyl (C=O) groups is 2. The minimum Gasteiger partial charge on any atom is -0.494 e. The Morgan fingerprint density at radius 1 is 1.11 bits per heavy atom. The highest BCUT2D eigenvalue weighted by Gasteiger charge is 2.69. The van der Waals surface area contributed by atoms with Gasteiger partial charge in [0.2, 0.25) is 0 Å². The summed E-state index contributed by atoms with van der Waals surface area (Å²) in [5.41, 5.74) is 1.58. The van der Waals surface area contributed by atoms with Crippen LogP contribution in [0.1, 0.15) is 57.9 Å². The molecule has 3 aliphatic heterocycles. The predicted molar refractivity (Wildman–Crippen MR) is 168 cm³/mol. The van der Waals surface area contributed by atoms with Crippen molar-refractivity contribution >= 4 is 40.9 Å². The number of aromatic carboxylic acids is 1. The Morgan fingerprint density at radius 2 is 1.89 bits per heavy atom. The van der Waals surface area contributed by atoms with Crippen LogP contribution in [0, 0.1) is 5.82 Å². The standard InChI is InChI=1S/C34H29Cl2FN4O4/c1-2-45-21-6-3-5-18(15-21)17-41-26-16-25(19-9-11-20(12-10-19)32(42)43)38-30(26)28(22-7-4-8-24(35)29(22)37)34(41)23-13-14-27(36)39-31(23)40-33(34)44/h3-15,25-26,28,30,38H,2,16-17H2,1H3,(H,42,43)(H,39,40,44)/t25-,26-,28-,30+,34+/m0/s1. The molecule has 4 heterocycles. The Kier molecular flexibility index (Phi) is 7.52. The Labute approximate surface area is 269 Å². The van der Waals surface area contributed by atoms with E-state index in [-0.39, 0.29) is 33.7 Å². The fourth-order valence-corrected chi connectivity index (χ4v) is 7.83. The van der Waals surface area contributed by atoms with Crippen LogP contribution >= 0.6 is 23.2 Å². The number of rotatable bonds is 7. The molecule has 1 amide bonds. The predicted octanol–water partition coefficient (Wildman–Crippen LogP) is 6.54. The second-order valence-electron chi connectivity index (χ2n) is 11.6. The van der Waals surface area contributed by atoms with E-state index in [9.17, 15) is 14.7 Å². The number of likely N-dealkylation sites (tertiary alicyclic amines) is 1. The van der Waals surface area contributed by atoms with Crippen molar-refractivity contribution in [3.8, 4) is 5.75 Å². The number of halogens is 3. The highest BCUT2D eigenvalue weighted by atomic mass is 35.5. The van der Waals surface area contributed by atoms with Crippen LogP contribution in [0.2, 0.25) is 10.2 Å². The molecule has 2 saturated heterocycles. The van der Waals surface area contributed by atoms with E-state index >= 15 is 4.39 Å². The van der Waals surface area contributed by atoms with Crippen LogP contribution in [0.5, 0.6) is 5.75 Å². The maximum atomic E-state index is 16.1. The number of benzene rings is 3. The lowest BCUT2D eigenvalue weighted by atomic mass is 9.74. The molecule has 3 aliphatic rings. The molecule has 0 radical (unpaired) electrons. The van der Waals surface area contributed by atoms with E-state index in [0.29, 0.717) is 42.3 Å². The lowest BCUT2D eigenvalue weighted by Gasteiger charge is -2.40. The summed E-state index contributed by atoms with van der Waals surface area (Å²) in [6.07, 6.45) is 0.576. The Bertz CT molecular complexity index is 1820. The number of pyridine rings is 1. The first-order valence-electron chi connectivity index (χ1n) is 14.7. The monoisotopic (exact) mass is 646 g/mol. The van der Waals surface area contributed by atoms with Crippen LogP contribution in [-0.4, -0.2) is 45.6 Å². The number of anilines is 1. The summed E-state index contributed by atoms with van der Waals surface area (Å²) in [4.78, 5) is 32.6. The molecule has 4 aromatic rings. The molecule has 0 saturated carbocycles. The molecule has 0 bridgehead atoms. The third-order valence-electron chi connectivity index (χ3n) is 9.24. The lowest BCUT2D eigenvalue weighted by molar-refractivity contribution is -0.128. The molecule has 5 atom stereocenters. The van der Waals surface area contributed by atoms with Gasteiger partial charge in [0.15, 0.2) is 0 Å². The second kappa shape index (κ2) is 11.4. The number of hydrogen-bond acceptors (Lipinski definition) is 6. The number of hydrogen-bond donors (Lipinski definition) is 3. The number of fused-ring (bicyclic) bond motifs is 3. The molecule has 1 aromatic heterocycles. The molecule has 2 fully saturated rings. The molecular formula is C34H29Cl2FN4O4. The maximum absolute atomic E-state index is 16.1. The number of carboxylic acids is 1. The molecular weight excluding hydrogens is 618 g/mol. The van der Waals surface area contributed by atoms with Crippen LogP contribution in [-0.2, 0) is 16.9 Å². The van der Waals surface area contributed by atoms with E-state index in [1.54, 1.807) is 48.5 Å². The third kappa shape index (κ3) is 4.77. The van der Waals surface area contributed by atoms with Crippen LogP contribution in [0.25, 0.3) is 0 Å². The topological polar surface area (TPSA) is 104 Å². The lowest BCUT2D eigenvalue weighted by Crippen LogP contribution is -2.52. The number of nitrogens with one attached hydrogen (secondary N) is 2. The smallest absolute Gasteiger partial charge is 0.335 e. The zero-order valence-corrected chi connectivity index (χ0v) is 25.6. The van der Waals surface area contributed by atoms with Crippen molar-refractivity contribution in [3.05, 3.63) is 123 Å². The van der Waals surface area contributed by atoms with Gasteiger partial charge < -0.3 is 20.5 Å². The zero-order valence-electron chi connectivity index (χ0n) is 24.1. The van der Waals surface area contributed by atoms with Gasteiger partial charge in [0, 0.05) is 36.2 Å². The van der Waals surface area contributed by atoms with Gasteiger partial charge in [-0.05, 0) is 72.5 Å². The fraction of sp³-hybridized carbons (Fsp3) is 0.265. The highest BCUT2D eigenvalue weighted by molar-refractivity contribution is 6.31. The molecule has 3 aromatic carbocycles. The average Bonchev–Trinajstić information content (AvgIpc) is 3.65. The first-order valence-corrected chi connectivity index (χ1v) is 15.5. The summed E-state index contributed by atoms with van der Waals surface area (Å²) < 4.78 is 21.9. The zero-order chi connectivity index (χ0) is 31.5. The number of amides is 1. The van der Waals surface area contributed by atoms with E-state index in [4.69, 9.17) is 27.9 Å². The molecule has 45 heavy (non-hydrogen) atoms. The summed E-state index contributed by atoms with van der Waals surface area (Å²) >= 11 is 12.6. The summed E-state index contributed by atoms with van der Waals surface area (Å²) in [6, 6.07) is 22.0. The van der Waals surface area contributed by atoms with Crippen molar-refractivity contribution < 1.29 is 23.8 Å². The van der Waals surface area contributed by atoms with Gasteiger partial charge in [0.25, 0.3) is 5.91 Å². The number of carboxylic acid groups (broad SMARTS) is 1. The Balaban J connectivity index is 1.41. The molecule has 8 nitrogen and oxygen atoms in total. The van der Waals surface area contributed by atoms with Gasteiger partial charge >= 0.3 is 5.97 Å². The third-order valence-corrected chi connectivity index (χ3v) is 9.74. The van der Waals surface area contributed by atoms with Crippen molar-refractivity contribution in [2.24, 2.45) is 0 Å². The van der Waals surface area contributed by atoms with E-state index in [1.165, 1.54) is 6.07 Å². The Morgan fingerprint density at radius 3 is 2.64 bits per heavy atom. The number of ether oxygens (including phenoxy) is 1. The van der Waals surface area contributed by atoms with Gasteiger partial charge in [-0.25, -0.2) is 14.2 Å². The van der Waals surface area contributed by atoms with Crippen LogP contribution in [0.15, 0.2) is 78.9 Å². The molecule has 11 heteroatoms. The van der Waals surface area contributed by atoms with Gasteiger partial charge in [0.05, 0.1) is 17.2 Å². The second-order valence-corrected chi connectivity index (χ2v) is 12.3. The average molecular weight is 648 g/mol. The number of aromatic nitrogens is 1. The van der Waals surface area contributed by atoms with Gasteiger partial charge in [-0.3, -0.25) is 9.69 Å².